The SMILES string of the molecule is N#Cc1c(CCCNc2ncc(S(N)(=O)=O)s2)nn(-c2ccccc2)c1N. The van der Waals surface area contributed by atoms with Gasteiger partial charge in [0.15, 0.2) is 9.34 Å². The highest BCUT2D eigenvalue weighted by atomic mass is 32.2. The fourth-order valence-electron chi connectivity index (χ4n) is 2.46. The lowest BCUT2D eigenvalue weighted by molar-refractivity contribution is 0.599. The summed E-state index contributed by atoms with van der Waals surface area (Å²) in [5.74, 6) is 0.310. The van der Waals surface area contributed by atoms with Crippen LogP contribution in [0.4, 0.5) is 10.9 Å². The minimum Gasteiger partial charge on any atom is -0.382 e. The number of anilines is 2. The molecule has 0 saturated heterocycles. The van der Waals surface area contributed by atoms with Crippen LogP contribution in [0, 0.1) is 11.3 Å². The molecule has 0 aliphatic carbocycles. The van der Waals surface area contributed by atoms with Gasteiger partial charge in [0, 0.05) is 6.54 Å². The average Bonchev–Trinajstić information content (AvgIpc) is 3.24. The second-order valence-corrected chi connectivity index (χ2v) is 8.44. The van der Waals surface area contributed by atoms with Gasteiger partial charge in [0.25, 0.3) is 0 Å². The Labute approximate surface area is 160 Å². The first kappa shape index (κ1) is 18.8. The first-order valence-corrected chi connectivity index (χ1v) is 10.3. The summed E-state index contributed by atoms with van der Waals surface area (Å²) in [6, 6.07) is 11.5. The Morgan fingerprint density at radius 3 is 2.67 bits per heavy atom. The van der Waals surface area contributed by atoms with E-state index in [1.54, 1.807) is 4.68 Å². The molecule has 0 bridgehead atoms. The number of primary sulfonamides is 1. The van der Waals surface area contributed by atoms with Gasteiger partial charge >= 0.3 is 0 Å². The lowest BCUT2D eigenvalue weighted by atomic mass is 10.1. The van der Waals surface area contributed by atoms with E-state index in [-0.39, 0.29) is 4.21 Å². The third-order valence-corrected chi connectivity index (χ3v) is 6.10. The summed E-state index contributed by atoms with van der Waals surface area (Å²) in [6.07, 6.45) is 2.41. The van der Waals surface area contributed by atoms with Crippen LogP contribution in [-0.2, 0) is 16.4 Å². The summed E-state index contributed by atoms with van der Waals surface area (Å²) in [6.45, 7) is 0.528. The van der Waals surface area contributed by atoms with E-state index in [1.807, 2.05) is 30.3 Å². The van der Waals surface area contributed by atoms with Crippen LogP contribution >= 0.6 is 11.3 Å². The van der Waals surface area contributed by atoms with Gasteiger partial charge in [-0.05, 0) is 25.0 Å². The van der Waals surface area contributed by atoms with Crippen molar-refractivity contribution >= 4 is 32.3 Å². The van der Waals surface area contributed by atoms with Gasteiger partial charge in [-0.25, -0.2) is 23.2 Å². The zero-order valence-electron chi connectivity index (χ0n) is 14.2. The number of para-hydroxylation sites is 1. The number of nitrogen functional groups attached to an aromatic ring is 1. The molecule has 140 valence electrons. The Kier molecular flexibility index (Phi) is 5.41. The van der Waals surface area contributed by atoms with E-state index in [4.69, 9.17) is 10.9 Å². The number of aryl methyl sites for hydroxylation is 1. The molecule has 27 heavy (non-hydrogen) atoms. The van der Waals surface area contributed by atoms with Gasteiger partial charge in [0.1, 0.15) is 17.5 Å². The molecule has 0 spiro atoms. The number of nitrogens with zero attached hydrogens (tertiary/aromatic N) is 4. The summed E-state index contributed by atoms with van der Waals surface area (Å²) in [7, 11) is -3.74. The molecular weight excluding hydrogens is 386 g/mol. The number of aromatic nitrogens is 3. The first-order chi connectivity index (χ1) is 12.9. The largest absolute Gasteiger partial charge is 0.382 e. The highest BCUT2D eigenvalue weighted by molar-refractivity contribution is 7.91. The van der Waals surface area contributed by atoms with Crippen molar-refractivity contribution in [3.05, 3.63) is 47.8 Å². The number of nitrogens with one attached hydrogen (secondary N) is 1. The van der Waals surface area contributed by atoms with Crippen molar-refractivity contribution in [3.8, 4) is 11.8 Å². The molecule has 0 unspecified atom stereocenters. The average molecular weight is 403 g/mol. The standard InChI is InChI=1S/C16H17N7O2S2/c17-9-12-13(22-23(15(12)18)11-5-2-1-3-6-11)7-4-8-20-16-21-10-14(26-16)27(19,24)25/h1-3,5-6,10H,4,7-8,18H2,(H,20,21)(H2,19,24,25). The number of benzene rings is 1. The molecule has 2 aromatic heterocycles. The van der Waals surface area contributed by atoms with Gasteiger partial charge in [-0.1, -0.05) is 29.5 Å². The molecule has 0 aliphatic rings. The molecule has 5 N–H and O–H groups in total. The summed E-state index contributed by atoms with van der Waals surface area (Å²) in [5.41, 5.74) is 7.84. The molecule has 0 amide bonds. The highest BCUT2D eigenvalue weighted by Crippen LogP contribution is 2.23. The molecule has 0 fully saturated rings. The van der Waals surface area contributed by atoms with E-state index in [0.717, 1.165) is 17.0 Å². The molecule has 0 radical (unpaired) electrons. The molecule has 2 heterocycles. The van der Waals surface area contributed by atoms with Gasteiger partial charge in [-0.15, -0.1) is 0 Å². The Morgan fingerprint density at radius 1 is 1.30 bits per heavy atom. The second kappa shape index (κ2) is 7.75. The third kappa shape index (κ3) is 4.25. The van der Waals surface area contributed by atoms with Gasteiger partial charge in [-0.3, -0.25) is 0 Å². The van der Waals surface area contributed by atoms with Crippen LogP contribution in [0.5, 0.6) is 0 Å². The normalized spacial score (nSPS) is 11.3. The maximum Gasteiger partial charge on any atom is 0.249 e. The zero-order chi connectivity index (χ0) is 19.4. The number of nitriles is 1. The number of sulfonamides is 1. The Balaban J connectivity index is 1.65. The van der Waals surface area contributed by atoms with Crippen molar-refractivity contribution in [3.63, 3.8) is 0 Å². The first-order valence-electron chi connectivity index (χ1n) is 7.95. The van der Waals surface area contributed by atoms with E-state index in [1.165, 1.54) is 6.20 Å². The van der Waals surface area contributed by atoms with Crippen LogP contribution < -0.4 is 16.2 Å². The predicted molar refractivity (Wildman–Crippen MR) is 103 cm³/mol. The van der Waals surface area contributed by atoms with Crippen LogP contribution in [0.3, 0.4) is 0 Å². The quantitative estimate of drug-likeness (QED) is 0.505. The van der Waals surface area contributed by atoms with Crippen molar-refractivity contribution in [2.75, 3.05) is 17.6 Å². The summed E-state index contributed by atoms with van der Waals surface area (Å²) >= 11 is 0.970. The molecule has 0 atom stereocenters. The summed E-state index contributed by atoms with van der Waals surface area (Å²) in [4.78, 5) is 3.97. The van der Waals surface area contributed by atoms with Crippen LogP contribution in [0.2, 0.25) is 0 Å². The third-order valence-electron chi connectivity index (χ3n) is 3.74. The number of nitrogens with two attached hydrogens (primary N) is 2. The monoisotopic (exact) mass is 403 g/mol. The molecule has 3 aromatic rings. The van der Waals surface area contributed by atoms with Gasteiger partial charge in [0.05, 0.1) is 17.6 Å². The molecule has 3 rings (SSSR count). The maximum absolute atomic E-state index is 11.3. The van der Waals surface area contributed by atoms with Crippen molar-refractivity contribution < 1.29 is 8.42 Å². The molecule has 11 heteroatoms. The summed E-state index contributed by atoms with van der Waals surface area (Å²) < 4.78 is 24.1. The van der Waals surface area contributed by atoms with Crippen molar-refractivity contribution in [2.24, 2.45) is 5.14 Å². The molecule has 9 nitrogen and oxygen atoms in total. The molecule has 1 aromatic carbocycles. The molecule has 0 saturated carbocycles. The number of rotatable bonds is 7. The minimum absolute atomic E-state index is 0.00569. The van der Waals surface area contributed by atoms with Crippen LogP contribution in [-0.4, -0.2) is 29.7 Å². The van der Waals surface area contributed by atoms with E-state index >= 15 is 0 Å². The fourth-order valence-corrected chi connectivity index (χ4v) is 3.94. The summed E-state index contributed by atoms with van der Waals surface area (Å²) in [5, 5.41) is 22.4. The smallest absolute Gasteiger partial charge is 0.249 e. The maximum atomic E-state index is 11.3. The van der Waals surface area contributed by atoms with E-state index in [9.17, 15) is 13.7 Å². The Bertz CT molecular complexity index is 1080. The van der Waals surface area contributed by atoms with Crippen molar-refractivity contribution in [2.45, 2.75) is 17.1 Å². The van der Waals surface area contributed by atoms with Gasteiger partial charge in [-0.2, -0.15) is 10.4 Å². The lowest BCUT2D eigenvalue weighted by Gasteiger charge is -2.02. The Morgan fingerprint density at radius 2 is 2.04 bits per heavy atom. The second-order valence-electron chi connectivity index (χ2n) is 5.63. The van der Waals surface area contributed by atoms with Crippen LogP contribution in [0.25, 0.3) is 5.69 Å². The van der Waals surface area contributed by atoms with E-state index in [2.05, 4.69) is 21.5 Å². The van der Waals surface area contributed by atoms with Crippen LogP contribution in [0.1, 0.15) is 17.7 Å². The number of hydrogen-bond acceptors (Lipinski definition) is 8. The van der Waals surface area contributed by atoms with Gasteiger partial charge < -0.3 is 11.1 Å². The topological polar surface area (TPSA) is 153 Å². The zero-order valence-corrected chi connectivity index (χ0v) is 15.8. The van der Waals surface area contributed by atoms with Crippen molar-refractivity contribution in [1.29, 1.82) is 5.26 Å². The van der Waals surface area contributed by atoms with Crippen LogP contribution in [0.15, 0.2) is 40.7 Å². The number of thiazole rings is 1. The van der Waals surface area contributed by atoms with Crippen molar-refractivity contribution in [1.82, 2.24) is 14.8 Å². The lowest BCUT2D eigenvalue weighted by Crippen LogP contribution is -2.09. The van der Waals surface area contributed by atoms with E-state index < -0.39 is 10.0 Å². The van der Waals surface area contributed by atoms with Gasteiger partial charge in [0.2, 0.25) is 10.0 Å². The minimum atomic E-state index is -3.74. The molecular formula is C16H17N7O2S2. The fraction of sp³-hybridized carbons (Fsp3) is 0.188. The van der Waals surface area contributed by atoms with E-state index in [0.29, 0.717) is 41.6 Å². The number of hydrogen-bond donors (Lipinski definition) is 3. The molecule has 0 aliphatic heterocycles. The Hall–Kier alpha value is -2.94. The predicted octanol–water partition coefficient (Wildman–Crippen LogP) is 1.47. The highest BCUT2D eigenvalue weighted by Gasteiger charge is 2.16.